The quantitative estimate of drug-likeness (QED) is 0.679. The van der Waals surface area contributed by atoms with Gasteiger partial charge in [0.2, 0.25) is 0 Å². The van der Waals surface area contributed by atoms with Crippen molar-refractivity contribution in [3.63, 3.8) is 0 Å². The maximum absolute atomic E-state index is 4.45. The van der Waals surface area contributed by atoms with Crippen LogP contribution < -0.4 is 0 Å². The van der Waals surface area contributed by atoms with E-state index in [1.165, 1.54) is 22.3 Å². The summed E-state index contributed by atoms with van der Waals surface area (Å²) in [4.78, 5) is 4.45. The summed E-state index contributed by atoms with van der Waals surface area (Å²) in [6, 6.07) is 10.6. The van der Waals surface area contributed by atoms with Gasteiger partial charge in [0.15, 0.2) is 0 Å². The van der Waals surface area contributed by atoms with E-state index in [-0.39, 0.29) is 0 Å². The van der Waals surface area contributed by atoms with Crippen LogP contribution in [0.5, 0.6) is 0 Å². The van der Waals surface area contributed by atoms with E-state index in [4.69, 9.17) is 0 Å². The monoisotopic (exact) mass is 197 g/mol. The minimum absolute atomic E-state index is 1.10. The molecule has 0 fully saturated rings. The van der Waals surface area contributed by atoms with Crippen LogP contribution in [0.15, 0.2) is 36.5 Å². The van der Waals surface area contributed by atoms with Crippen molar-refractivity contribution < 1.29 is 0 Å². The second kappa shape index (κ2) is 3.85. The molecule has 1 heteroatoms. The highest BCUT2D eigenvalue weighted by Gasteiger charge is 2.05. The van der Waals surface area contributed by atoms with Gasteiger partial charge in [-0.2, -0.15) is 0 Å². The van der Waals surface area contributed by atoms with Gasteiger partial charge >= 0.3 is 0 Å². The number of aryl methyl sites for hydroxylation is 3. The molecule has 2 aromatic rings. The van der Waals surface area contributed by atoms with Crippen LogP contribution in [-0.4, -0.2) is 4.98 Å². The van der Waals surface area contributed by atoms with Crippen LogP contribution in [-0.2, 0) is 0 Å². The zero-order valence-corrected chi connectivity index (χ0v) is 9.41. The van der Waals surface area contributed by atoms with Gasteiger partial charge in [0, 0.05) is 11.8 Å². The molecule has 0 amide bonds. The minimum atomic E-state index is 1.10. The van der Waals surface area contributed by atoms with Crippen molar-refractivity contribution >= 4 is 0 Å². The predicted octanol–water partition coefficient (Wildman–Crippen LogP) is 3.67. The molecule has 15 heavy (non-hydrogen) atoms. The lowest BCUT2D eigenvalue weighted by molar-refractivity contribution is 1.25. The van der Waals surface area contributed by atoms with Gasteiger partial charge in [-0.05, 0) is 44.0 Å². The van der Waals surface area contributed by atoms with Crippen molar-refractivity contribution in [3.05, 3.63) is 53.2 Å². The molecule has 0 bridgehead atoms. The Balaban J connectivity index is 2.64. The number of benzene rings is 1. The van der Waals surface area contributed by atoms with Gasteiger partial charge in [0.1, 0.15) is 0 Å². The van der Waals surface area contributed by atoms with Crippen molar-refractivity contribution in [2.24, 2.45) is 0 Å². The van der Waals surface area contributed by atoms with Crippen LogP contribution in [0.1, 0.15) is 16.7 Å². The number of aromatic nitrogens is 1. The summed E-state index contributed by atoms with van der Waals surface area (Å²) >= 11 is 0. The third-order valence-corrected chi connectivity index (χ3v) is 2.66. The molecule has 1 nitrogen and oxygen atoms in total. The molecule has 1 aromatic carbocycles. The lowest BCUT2D eigenvalue weighted by Crippen LogP contribution is -1.90. The number of rotatable bonds is 1. The Kier molecular flexibility index (Phi) is 2.55. The molecule has 0 saturated carbocycles. The summed E-state index contributed by atoms with van der Waals surface area (Å²) in [6.45, 7) is 6.34. The molecule has 1 heterocycles. The molecule has 0 aliphatic carbocycles. The Labute approximate surface area is 90.8 Å². The number of pyridine rings is 1. The molecule has 0 radical (unpaired) electrons. The molecule has 0 saturated heterocycles. The summed E-state index contributed by atoms with van der Waals surface area (Å²) in [5.41, 5.74) is 6.13. The molecule has 76 valence electrons. The molecule has 0 spiro atoms. The SMILES string of the molecule is Cc1ccc(C)c(-c2ncccc2C)c1. The van der Waals surface area contributed by atoms with Gasteiger partial charge in [0.05, 0.1) is 5.69 Å². The molecular weight excluding hydrogens is 182 g/mol. The lowest BCUT2D eigenvalue weighted by atomic mass is 10.00. The molecule has 0 atom stereocenters. The van der Waals surface area contributed by atoms with E-state index in [0.29, 0.717) is 0 Å². The molecule has 0 aliphatic heterocycles. The fourth-order valence-corrected chi connectivity index (χ4v) is 1.76. The third kappa shape index (κ3) is 1.91. The molecule has 0 N–H and O–H groups in total. The Bertz CT molecular complexity index is 486. The van der Waals surface area contributed by atoms with Crippen molar-refractivity contribution in [1.29, 1.82) is 0 Å². The van der Waals surface area contributed by atoms with E-state index in [9.17, 15) is 0 Å². The van der Waals surface area contributed by atoms with E-state index in [0.717, 1.165) is 5.69 Å². The van der Waals surface area contributed by atoms with E-state index >= 15 is 0 Å². The van der Waals surface area contributed by atoms with E-state index in [1.54, 1.807) is 0 Å². The Morgan fingerprint density at radius 1 is 0.933 bits per heavy atom. The second-order valence-electron chi connectivity index (χ2n) is 3.99. The number of hydrogen-bond donors (Lipinski definition) is 0. The zero-order chi connectivity index (χ0) is 10.8. The van der Waals surface area contributed by atoms with Crippen LogP contribution in [0.25, 0.3) is 11.3 Å². The molecule has 2 rings (SSSR count). The second-order valence-corrected chi connectivity index (χ2v) is 3.99. The summed E-state index contributed by atoms with van der Waals surface area (Å²) < 4.78 is 0. The lowest BCUT2D eigenvalue weighted by Gasteiger charge is -2.08. The first kappa shape index (κ1) is 9.91. The molecule has 0 unspecified atom stereocenters. The van der Waals surface area contributed by atoms with Crippen molar-refractivity contribution in [2.75, 3.05) is 0 Å². The summed E-state index contributed by atoms with van der Waals surface area (Å²) in [7, 11) is 0. The topological polar surface area (TPSA) is 12.9 Å². The average Bonchev–Trinajstić information content (AvgIpc) is 2.23. The van der Waals surface area contributed by atoms with Crippen LogP contribution in [0, 0.1) is 20.8 Å². The number of nitrogens with zero attached hydrogens (tertiary/aromatic N) is 1. The number of hydrogen-bond acceptors (Lipinski definition) is 1. The third-order valence-electron chi connectivity index (χ3n) is 2.66. The average molecular weight is 197 g/mol. The minimum Gasteiger partial charge on any atom is -0.256 e. The van der Waals surface area contributed by atoms with E-state index in [2.05, 4.69) is 50.0 Å². The van der Waals surface area contributed by atoms with Gasteiger partial charge in [-0.25, -0.2) is 0 Å². The Morgan fingerprint density at radius 2 is 1.73 bits per heavy atom. The van der Waals surface area contributed by atoms with Crippen molar-refractivity contribution in [1.82, 2.24) is 4.98 Å². The largest absolute Gasteiger partial charge is 0.256 e. The summed E-state index contributed by atoms with van der Waals surface area (Å²) in [5.74, 6) is 0. The maximum atomic E-state index is 4.45. The van der Waals surface area contributed by atoms with Gasteiger partial charge in [-0.3, -0.25) is 4.98 Å². The van der Waals surface area contributed by atoms with E-state index in [1.807, 2.05) is 12.3 Å². The predicted molar refractivity (Wildman–Crippen MR) is 63.9 cm³/mol. The first-order chi connectivity index (χ1) is 7.18. The highest BCUT2D eigenvalue weighted by molar-refractivity contribution is 5.67. The first-order valence-corrected chi connectivity index (χ1v) is 5.18. The normalized spacial score (nSPS) is 10.3. The molecular formula is C14H15N. The van der Waals surface area contributed by atoms with Gasteiger partial charge in [0.25, 0.3) is 0 Å². The highest BCUT2D eigenvalue weighted by atomic mass is 14.7. The Hall–Kier alpha value is -1.63. The highest BCUT2D eigenvalue weighted by Crippen LogP contribution is 2.24. The van der Waals surface area contributed by atoms with Crippen LogP contribution in [0.4, 0.5) is 0 Å². The maximum Gasteiger partial charge on any atom is 0.0733 e. The smallest absolute Gasteiger partial charge is 0.0733 e. The summed E-state index contributed by atoms with van der Waals surface area (Å²) in [5, 5.41) is 0. The standard InChI is InChI=1S/C14H15N/c1-10-6-7-11(2)13(9-10)14-12(3)5-4-8-15-14/h4-9H,1-3H3. The van der Waals surface area contributed by atoms with Gasteiger partial charge in [-0.1, -0.05) is 23.8 Å². The van der Waals surface area contributed by atoms with Gasteiger partial charge in [-0.15, -0.1) is 0 Å². The fraction of sp³-hybridized carbons (Fsp3) is 0.214. The Morgan fingerprint density at radius 3 is 2.47 bits per heavy atom. The van der Waals surface area contributed by atoms with Gasteiger partial charge < -0.3 is 0 Å². The molecule has 0 aliphatic rings. The molecule has 1 aromatic heterocycles. The van der Waals surface area contributed by atoms with Crippen LogP contribution in [0.3, 0.4) is 0 Å². The first-order valence-electron chi connectivity index (χ1n) is 5.18. The van der Waals surface area contributed by atoms with Crippen molar-refractivity contribution in [3.8, 4) is 11.3 Å². The van der Waals surface area contributed by atoms with Crippen LogP contribution >= 0.6 is 0 Å². The van der Waals surface area contributed by atoms with Crippen LogP contribution in [0.2, 0.25) is 0 Å². The summed E-state index contributed by atoms with van der Waals surface area (Å²) in [6.07, 6.45) is 1.85. The fourth-order valence-electron chi connectivity index (χ4n) is 1.76. The van der Waals surface area contributed by atoms with Crippen molar-refractivity contribution in [2.45, 2.75) is 20.8 Å². The zero-order valence-electron chi connectivity index (χ0n) is 9.41. The van der Waals surface area contributed by atoms with E-state index < -0.39 is 0 Å².